The molecular formula is C5H7FO. The summed E-state index contributed by atoms with van der Waals surface area (Å²) in [7, 11) is 0. The van der Waals surface area contributed by atoms with Crippen LogP contribution in [0, 0.1) is 0 Å². The van der Waals surface area contributed by atoms with E-state index in [1.54, 1.807) is 0 Å². The SMILES string of the molecule is C=C(O)CC(=C)F. The van der Waals surface area contributed by atoms with Gasteiger partial charge in [-0.3, -0.25) is 0 Å². The van der Waals surface area contributed by atoms with E-state index in [4.69, 9.17) is 5.11 Å². The lowest BCUT2D eigenvalue weighted by Crippen LogP contribution is -1.75. The third-order valence-electron chi connectivity index (χ3n) is 0.396. The van der Waals surface area contributed by atoms with Crippen LogP contribution < -0.4 is 0 Å². The molecule has 0 radical (unpaired) electrons. The molecular weight excluding hydrogens is 95.1 g/mol. The van der Waals surface area contributed by atoms with Gasteiger partial charge >= 0.3 is 0 Å². The van der Waals surface area contributed by atoms with Gasteiger partial charge in [0.2, 0.25) is 0 Å². The van der Waals surface area contributed by atoms with E-state index in [9.17, 15) is 4.39 Å². The molecule has 0 unspecified atom stereocenters. The van der Waals surface area contributed by atoms with Crippen LogP contribution in [0.5, 0.6) is 0 Å². The van der Waals surface area contributed by atoms with E-state index in [-0.39, 0.29) is 12.2 Å². The first-order valence-electron chi connectivity index (χ1n) is 1.83. The second kappa shape index (κ2) is 2.39. The normalized spacial score (nSPS) is 8.14. The maximum Gasteiger partial charge on any atom is 0.100 e. The van der Waals surface area contributed by atoms with Crippen molar-refractivity contribution in [3.05, 3.63) is 24.7 Å². The zero-order valence-corrected chi connectivity index (χ0v) is 3.95. The van der Waals surface area contributed by atoms with Crippen molar-refractivity contribution in [2.45, 2.75) is 6.42 Å². The molecule has 0 aliphatic rings. The van der Waals surface area contributed by atoms with Gasteiger partial charge in [0.1, 0.15) is 5.83 Å². The van der Waals surface area contributed by atoms with E-state index in [1.165, 1.54) is 0 Å². The minimum absolute atomic E-state index is 0.139. The Kier molecular flexibility index (Phi) is 2.12. The van der Waals surface area contributed by atoms with E-state index < -0.39 is 5.83 Å². The summed E-state index contributed by atoms with van der Waals surface area (Å²) in [5.74, 6) is -0.750. The molecule has 0 aromatic heterocycles. The van der Waals surface area contributed by atoms with Crippen LogP contribution >= 0.6 is 0 Å². The average molecular weight is 102 g/mol. The van der Waals surface area contributed by atoms with Crippen LogP contribution in [0.1, 0.15) is 6.42 Å². The third-order valence-corrected chi connectivity index (χ3v) is 0.396. The Balaban J connectivity index is 3.32. The average Bonchev–Trinajstić information content (AvgIpc) is 1.27. The van der Waals surface area contributed by atoms with Gasteiger partial charge in [-0.25, -0.2) is 4.39 Å². The van der Waals surface area contributed by atoms with E-state index in [0.29, 0.717) is 0 Å². The van der Waals surface area contributed by atoms with Gasteiger partial charge in [-0.1, -0.05) is 13.2 Å². The predicted octanol–water partition coefficient (Wildman–Crippen LogP) is 1.93. The van der Waals surface area contributed by atoms with Crippen LogP contribution in [0.3, 0.4) is 0 Å². The van der Waals surface area contributed by atoms with Gasteiger partial charge in [-0.05, 0) is 0 Å². The van der Waals surface area contributed by atoms with E-state index in [0.717, 1.165) is 0 Å². The Hall–Kier alpha value is -0.790. The number of halogens is 1. The molecule has 0 atom stereocenters. The van der Waals surface area contributed by atoms with Gasteiger partial charge < -0.3 is 5.11 Å². The fraction of sp³-hybridized carbons (Fsp3) is 0.200. The van der Waals surface area contributed by atoms with Crippen LogP contribution in [0.2, 0.25) is 0 Å². The number of hydrogen-bond donors (Lipinski definition) is 1. The highest BCUT2D eigenvalue weighted by Crippen LogP contribution is 2.03. The maximum atomic E-state index is 11.5. The zero-order valence-electron chi connectivity index (χ0n) is 3.95. The number of allylic oxidation sites excluding steroid dienone is 1. The fourth-order valence-corrected chi connectivity index (χ4v) is 0.221. The molecule has 0 aliphatic carbocycles. The lowest BCUT2D eigenvalue weighted by atomic mass is 10.4. The van der Waals surface area contributed by atoms with Crippen LogP contribution in [0.15, 0.2) is 24.7 Å². The Morgan fingerprint density at radius 3 is 2.00 bits per heavy atom. The molecule has 0 saturated carbocycles. The second-order valence-electron chi connectivity index (χ2n) is 1.26. The molecule has 0 amide bonds. The summed E-state index contributed by atoms with van der Waals surface area (Å²) < 4.78 is 11.5. The summed E-state index contributed by atoms with van der Waals surface area (Å²) in [5, 5.41) is 8.23. The Morgan fingerprint density at radius 2 is 2.00 bits per heavy atom. The largest absolute Gasteiger partial charge is 0.513 e. The third kappa shape index (κ3) is 5.21. The van der Waals surface area contributed by atoms with Crippen molar-refractivity contribution in [3.63, 3.8) is 0 Å². The molecule has 1 N–H and O–H groups in total. The van der Waals surface area contributed by atoms with Gasteiger partial charge in [0, 0.05) is 0 Å². The predicted molar refractivity (Wildman–Crippen MR) is 26.6 cm³/mol. The molecule has 40 valence electrons. The van der Waals surface area contributed by atoms with E-state index in [1.807, 2.05) is 0 Å². The van der Waals surface area contributed by atoms with Crippen LogP contribution in [0.25, 0.3) is 0 Å². The lowest BCUT2D eigenvalue weighted by Gasteiger charge is -1.88. The summed E-state index contributed by atoms with van der Waals surface area (Å²) >= 11 is 0. The van der Waals surface area contributed by atoms with Crippen molar-refractivity contribution in [1.29, 1.82) is 0 Å². The second-order valence-corrected chi connectivity index (χ2v) is 1.26. The Labute approximate surface area is 41.8 Å². The van der Waals surface area contributed by atoms with Gasteiger partial charge in [0.15, 0.2) is 0 Å². The van der Waals surface area contributed by atoms with E-state index >= 15 is 0 Å². The summed E-state index contributed by atoms with van der Waals surface area (Å²) in [5.41, 5.74) is 0. The van der Waals surface area contributed by atoms with Gasteiger partial charge in [0.25, 0.3) is 0 Å². The zero-order chi connectivity index (χ0) is 5.86. The van der Waals surface area contributed by atoms with Crippen LogP contribution in [-0.2, 0) is 0 Å². The number of aliphatic hydroxyl groups is 1. The van der Waals surface area contributed by atoms with Crippen molar-refractivity contribution in [3.8, 4) is 0 Å². The highest BCUT2D eigenvalue weighted by atomic mass is 19.1. The molecule has 1 nitrogen and oxygen atoms in total. The molecule has 0 heterocycles. The molecule has 0 bridgehead atoms. The lowest BCUT2D eigenvalue weighted by molar-refractivity contribution is 0.388. The quantitative estimate of drug-likeness (QED) is 0.528. The summed E-state index contributed by atoms with van der Waals surface area (Å²) in [4.78, 5) is 0. The van der Waals surface area contributed by atoms with Gasteiger partial charge in [-0.15, -0.1) is 0 Å². The van der Waals surface area contributed by atoms with Gasteiger partial charge in [-0.2, -0.15) is 0 Å². The first-order chi connectivity index (χ1) is 3.13. The Bertz CT molecular complexity index is 84.3. The van der Waals surface area contributed by atoms with Crippen molar-refractivity contribution >= 4 is 0 Å². The smallest absolute Gasteiger partial charge is 0.100 e. The maximum absolute atomic E-state index is 11.5. The first kappa shape index (κ1) is 6.21. The molecule has 0 saturated heterocycles. The highest BCUT2D eigenvalue weighted by molar-refractivity contribution is 4.94. The van der Waals surface area contributed by atoms with Crippen molar-refractivity contribution in [2.75, 3.05) is 0 Å². The molecule has 0 fully saturated rings. The standard InChI is InChI=1S/C5H7FO/c1-4(6)3-5(2)7/h7H,1-3H2. The monoisotopic (exact) mass is 102 g/mol. The molecule has 0 aromatic rings. The summed E-state index contributed by atoms with van der Waals surface area (Å²) in [6.07, 6.45) is -0.139. The Morgan fingerprint density at radius 1 is 1.57 bits per heavy atom. The molecule has 0 spiro atoms. The number of rotatable bonds is 2. The fourth-order valence-electron chi connectivity index (χ4n) is 0.221. The molecule has 0 rings (SSSR count). The van der Waals surface area contributed by atoms with Crippen LogP contribution in [0.4, 0.5) is 4.39 Å². The molecule has 7 heavy (non-hydrogen) atoms. The molecule has 0 aliphatic heterocycles. The summed E-state index contributed by atoms with van der Waals surface area (Å²) in [6.45, 7) is 5.96. The van der Waals surface area contributed by atoms with Gasteiger partial charge in [0.05, 0.1) is 12.2 Å². The first-order valence-corrected chi connectivity index (χ1v) is 1.83. The van der Waals surface area contributed by atoms with Crippen LogP contribution in [-0.4, -0.2) is 5.11 Å². The van der Waals surface area contributed by atoms with Crippen molar-refractivity contribution in [2.24, 2.45) is 0 Å². The minimum Gasteiger partial charge on any atom is -0.513 e. The number of hydrogen-bond acceptors (Lipinski definition) is 1. The number of aliphatic hydroxyl groups excluding tert-OH is 1. The highest BCUT2D eigenvalue weighted by Gasteiger charge is 1.89. The summed E-state index contributed by atoms with van der Waals surface area (Å²) in [6, 6.07) is 0. The van der Waals surface area contributed by atoms with Crippen molar-refractivity contribution < 1.29 is 9.50 Å². The molecule has 0 aromatic carbocycles. The topological polar surface area (TPSA) is 20.2 Å². The molecule has 2 heteroatoms. The van der Waals surface area contributed by atoms with E-state index in [2.05, 4.69) is 13.2 Å². The van der Waals surface area contributed by atoms with Crippen molar-refractivity contribution in [1.82, 2.24) is 0 Å². The minimum atomic E-state index is -0.562.